The van der Waals surface area contributed by atoms with Crippen molar-refractivity contribution in [3.8, 4) is 23.0 Å². The number of carbonyl (C=O) groups excluding carboxylic acids is 1. The van der Waals surface area contributed by atoms with Crippen LogP contribution < -0.4 is 18.9 Å². The van der Waals surface area contributed by atoms with Crippen molar-refractivity contribution in [2.24, 2.45) is 0 Å². The Kier molecular flexibility index (Phi) is 7.20. The second-order valence-electron chi connectivity index (χ2n) is 7.06. The molecule has 31 heavy (non-hydrogen) atoms. The van der Waals surface area contributed by atoms with E-state index in [9.17, 15) is 4.79 Å². The molecule has 0 aliphatic heterocycles. The molecule has 0 bridgehead atoms. The molecule has 0 fully saturated rings. The number of nitrogens with zero attached hydrogens (tertiary/aromatic N) is 1. The first kappa shape index (κ1) is 22.2. The summed E-state index contributed by atoms with van der Waals surface area (Å²) in [4.78, 5) is 15.3. The average Bonchev–Trinajstić information content (AvgIpc) is 3.26. The zero-order valence-electron chi connectivity index (χ0n) is 18.4. The Bertz CT molecular complexity index is 1070. The highest BCUT2D eigenvalue weighted by atomic mass is 16.5. The van der Waals surface area contributed by atoms with Gasteiger partial charge in [0.15, 0.2) is 17.1 Å². The molecule has 0 saturated heterocycles. The van der Waals surface area contributed by atoms with Gasteiger partial charge in [0.1, 0.15) is 23.7 Å². The van der Waals surface area contributed by atoms with Crippen molar-refractivity contribution in [1.82, 2.24) is 4.90 Å². The number of fused-ring (bicyclic) bond motifs is 1. The van der Waals surface area contributed by atoms with Gasteiger partial charge in [-0.15, -0.1) is 0 Å². The van der Waals surface area contributed by atoms with Gasteiger partial charge < -0.3 is 28.3 Å². The number of likely N-dealkylation sites (N-methyl/N-ethyl adjacent to an activating group) is 1. The number of rotatable bonds is 10. The van der Waals surface area contributed by atoms with Crippen LogP contribution >= 0.6 is 0 Å². The molecule has 1 aromatic heterocycles. The molecule has 0 spiro atoms. The molecule has 1 heterocycles. The lowest BCUT2D eigenvalue weighted by Gasteiger charge is -2.18. The Morgan fingerprint density at radius 3 is 2.29 bits per heavy atom. The van der Waals surface area contributed by atoms with Gasteiger partial charge in [0.05, 0.1) is 33.0 Å². The van der Waals surface area contributed by atoms with E-state index in [1.807, 2.05) is 43.3 Å². The van der Waals surface area contributed by atoms with Crippen LogP contribution in [-0.2, 0) is 0 Å². The van der Waals surface area contributed by atoms with E-state index in [-0.39, 0.29) is 11.3 Å². The van der Waals surface area contributed by atoms with Crippen LogP contribution in [0.1, 0.15) is 15.9 Å². The fourth-order valence-corrected chi connectivity index (χ4v) is 3.18. The lowest BCUT2D eigenvalue weighted by Crippen LogP contribution is -2.20. The Hall–Kier alpha value is -3.45. The summed E-state index contributed by atoms with van der Waals surface area (Å²) < 4.78 is 28.0. The maximum Gasteiger partial charge on any atom is 0.205 e. The summed E-state index contributed by atoms with van der Waals surface area (Å²) in [7, 11) is 8.53. The molecule has 0 amide bonds. The van der Waals surface area contributed by atoms with Crippen molar-refractivity contribution < 1.29 is 28.2 Å². The molecule has 3 aromatic rings. The van der Waals surface area contributed by atoms with Gasteiger partial charge in [-0.25, -0.2) is 0 Å². The monoisotopic (exact) mass is 425 g/mol. The second-order valence-corrected chi connectivity index (χ2v) is 7.06. The third kappa shape index (κ3) is 4.83. The molecule has 0 aliphatic rings. The predicted molar refractivity (Wildman–Crippen MR) is 120 cm³/mol. The van der Waals surface area contributed by atoms with Crippen molar-refractivity contribution in [3.05, 3.63) is 53.8 Å². The van der Waals surface area contributed by atoms with Gasteiger partial charge in [0.2, 0.25) is 5.75 Å². The number of benzene rings is 2. The number of allylic oxidation sites excluding steroid dienone is 1. The summed E-state index contributed by atoms with van der Waals surface area (Å²) in [6.07, 6.45) is 4.75. The number of ether oxygens (including phenoxy) is 4. The largest absolute Gasteiger partial charge is 0.497 e. The first-order chi connectivity index (χ1) is 15.0. The molecule has 0 radical (unpaired) electrons. The summed E-state index contributed by atoms with van der Waals surface area (Å²) in [5.41, 5.74) is 1.62. The first-order valence-corrected chi connectivity index (χ1v) is 9.79. The zero-order valence-corrected chi connectivity index (χ0v) is 18.4. The summed E-state index contributed by atoms with van der Waals surface area (Å²) >= 11 is 0. The number of hydrogen-bond donors (Lipinski definition) is 0. The quantitative estimate of drug-likeness (QED) is 0.354. The maximum atomic E-state index is 13.3. The van der Waals surface area contributed by atoms with Gasteiger partial charge in [0, 0.05) is 6.54 Å². The summed E-state index contributed by atoms with van der Waals surface area (Å²) in [6.45, 7) is 1.03. The summed E-state index contributed by atoms with van der Waals surface area (Å²) in [5, 5.41) is 0.639. The molecule has 2 aromatic carbocycles. The van der Waals surface area contributed by atoms with Gasteiger partial charge in [-0.05, 0) is 43.9 Å². The smallest absolute Gasteiger partial charge is 0.205 e. The Morgan fingerprint density at radius 1 is 0.968 bits per heavy atom. The van der Waals surface area contributed by atoms with Crippen molar-refractivity contribution in [2.75, 3.05) is 48.6 Å². The Balaban J connectivity index is 2.06. The SMILES string of the molecule is COc1ccc(/C=C/C(=O)c2c(OCCN(C)C)c(OC)c3occc3c2OC)cc1. The van der Waals surface area contributed by atoms with Crippen LogP contribution in [0.2, 0.25) is 0 Å². The van der Waals surface area contributed by atoms with Crippen LogP contribution in [-0.4, -0.2) is 59.3 Å². The van der Waals surface area contributed by atoms with Crippen molar-refractivity contribution in [1.29, 1.82) is 0 Å². The molecule has 164 valence electrons. The molecule has 7 nitrogen and oxygen atoms in total. The number of ketones is 1. The van der Waals surface area contributed by atoms with E-state index in [4.69, 9.17) is 23.4 Å². The lowest BCUT2D eigenvalue weighted by atomic mass is 10.0. The molecular formula is C24H27NO6. The fraction of sp³-hybridized carbons (Fsp3) is 0.292. The van der Waals surface area contributed by atoms with Gasteiger partial charge in [-0.2, -0.15) is 0 Å². The Morgan fingerprint density at radius 2 is 1.68 bits per heavy atom. The third-order valence-corrected chi connectivity index (χ3v) is 4.76. The molecule has 0 atom stereocenters. The number of carbonyl (C=O) groups is 1. The summed E-state index contributed by atoms with van der Waals surface area (Å²) in [6, 6.07) is 9.15. The highest BCUT2D eigenvalue weighted by Crippen LogP contribution is 2.46. The number of hydrogen-bond acceptors (Lipinski definition) is 7. The predicted octanol–water partition coefficient (Wildman–Crippen LogP) is 4.30. The first-order valence-electron chi connectivity index (χ1n) is 9.79. The van der Waals surface area contributed by atoms with Gasteiger partial charge in [0.25, 0.3) is 0 Å². The van der Waals surface area contributed by atoms with Crippen LogP contribution in [0.3, 0.4) is 0 Å². The molecule has 0 saturated carbocycles. The van der Waals surface area contributed by atoms with Crippen LogP contribution in [0.5, 0.6) is 23.0 Å². The van der Waals surface area contributed by atoms with Crippen molar-refractivity contribution in [2.45, 2.75) is 0 Å². The van der Waals surface area contributed by atoms with E-state index < -0.39 is 0 Å². The minimum absolute atomic E-state index is 0.270. The van der Waals surface area contributed by atoms with Crippen LogP contribution in [0, 0.1) is 0 Å². The van der Waals surface area contributed by atoms with Crippen LogP contribution in [0.25, 0.3) is 17.0 Å². The standard InChI is InChI=1S/C24H27NO6/c1-25(2)13-15-31-23-20(19(26)11-8-16-6-9-17(27-3)10-7-16)21(28-4)18-12-14-30-22(18)24(23)29-5/h6-12,14H,13,15H2,1-5H3/b11-8+. The number of methoxy groups -OCH3 is 3. The molecule has 7 heteroatoms. The van der Waals surface area contributed by atoms with E-state index in [2.05, 4.69) is 0 Å². The lowest BCUT2D eigenvalue weighted by molar-refractivity contribution is 0.104. The van der Waals surface area contributed by atoms with Crippen molar-refractivity contribution in [3.63, 3.8) is 0 Å². The van der Waals surface area contributed by atoms with Crippen LogP contribution in [0.15, 0.2) is 47.1 Å². The van der Waals surface area contributed by atoms with E-state index in [0.717, 1.165) is 11.3 Å². The topological polar surface area (TPSA) is 70.4 Å². The average molecular weight is 425 g/mol. The molecule has 0 aliphatic carbocycles. The highest BCUT2D eigenvalue weighted by molar-refractivity contribution is 6.15. The van der Waals surface area contributed by atoms with E-state index in [0.29, 0.717) is 41.4 Å². The normalized spacial score (nSPS) is 11.3. The zero-order chi connectivity index (χ0) is 22.4. The van der Waals surface area contributed by atoms with E-state index in [1.54, 1.807) is 19.3 Å². The number of furan rings is 1. The molecule has 3 rings (SSSR count). The molecular weight excluding hydrogens is 398 g/mol. The van der Waals surface area contributed by atoms with Gasteiger partial charge in [-0.3, -0.25) is 4.79 Å². The van der Waals surface area contributed by atoms with Crippen LogP contribution in [0.4, 0.5) is 0 Å². The third-order valence-electron chi connectivity index (χ3n) is 4.76. The highest BCUT2D eigenvalue weighted by Gasteiger charge is 2.28. The molecule has 0 N–H and O–H groups in total. The van der Waals surface area contributed by atoms with Crippen molar-refractivity contribution >= 4 is 22.8 Å². The van der Waals surface area contributed by atoms with E-state index in [1.165, 1.54) is 26.6 Å². The minimum Gasteiger partial charge on any atom is -0.497 e. The minimum atomic E-state index is -0.270. The van der Waals surface area contributed by atoms with Gasteiger partial charge in [-0.1, -0.05) is 18.2 Å². The maximum absolute atomic E-state index is 13.3. The van der Waals surface area contributed by atoms with E-state index >= 15 is 0 Å². The second kappa shape index (κ2) is 10.0. The van der Waals surface area contributed by atoms with Gasteiger partial charge >= 0.3 is 0 Å². The Labute approximate surface area is 181 Å². The fourth-order valence-electron chi connectivity index (χ4n) is 3.18. The summed E-state index contributed by atoms with van der Waals surface area (Å²) in [5.74, 6) is 1.52. The molecule has 0 unspecified atom stereocenters.